The van der Waals surface area contributed by atoms with Crippen LogP contribution >= 0.6 is 11.6 Å². The van der Waals surface area contributed by atoms with Crippen molar-refractivity contribution >= 4 is 22.9 Å². The molecule has 0 aliphatic carbocycles. The van der Waals surface area contributed by atoms with Crippen LogP contribution in [0.5, 0.6) is 5.75 Å². The van der Waals surface area contributed by atoms with E-state index in [1.165, 1.54) is 6.08 Å². The SMILES string of the molecule is COc1ccc(C(C)(C)C)cc1/C(Cl)=C/C=O. The molecule has 0 saturated carbocycles. The number of halogens is 1. The fourth-order valence-corrected chi connectivity index (χ4v) is 1.71. The van der Waals surface area contributed by atoms with Crippen LogP contribution < -0.4 is 4.74 Å². The molecule has 3 heteroatoms. The number of carbonyl (C=O) groups excluding carboxylic acids is 1. The highest BCUT2D eigenvalue weighted by Gasteiger charge is 2.16. The molecule has 1 aromatic rings. The zero-order valence-corrected chi connectivity index (χ0v) is 11.3. The van der Waals surface area contributed by atoms with E-state index in [2.05, 4.69) is 20.8 Å². The maximum atomic E-state index is 10.5. The fraction of sp³-hybridized carbons (Fsp3) is 0.357. The average molecular weight is 253 g/mol. The van der Waals surface area contributed by atoms with Crippen molar-refractivity contribution in [3.8, 4) is 5.75 Å². The first-order chi connectivity index (χ1) is 7.90. The van der Waals surface area contributed by atoms with Gasteiger partial charge in [0, 0.05) is 5.56 Å². The average Bonchev–Trinajstić information content (AvgIpc) is 2.27. The highest BCUT2D eigenvalue weighted by molar-refractivity contribution is 6.50. The lowest BCUT2D eigenvalue weighted by Crippen LogP contribution is -2.11. The fourth-order valence-electron chi connectivity index (χ4n) is 1.51. The highest BCUT2D eigenvalue weighted by atomic mass is 35.5. The Hall–Kier alpha value is -1.28. The first-order valence-corrected chi connectivity index (χ1v) is 5.78. The Kier molecular flexibility index (Phi) is 4.35. The van der Waals surface area contributed by atoms with Gasteiger partial charge in [-0.2, -0.15) is 0 Å². The van der Waals surface area contributed by atoms with E-state index in [0.29, 0.717) is 17.1 Å². The first-order valence-electron chi connectivity index (χ1n) is 5.40. The van der Waals surface area contributed by atoms with Crippen LogP contribution in [-0.4, -0.2) is 13.4 Å². The molecule has 0 aromatic heterocycles. The first kappa shape index (κ1) is 13.8. The monoisotopic (exact) mass is 252 g/mol. The van der Waals surface area contributed by atoms with Crippen molar-refractivity contribution in [1.29, 1.82) is 0 Å². The predicted octanol–water partition coefficient (Wildman–Crippen LogP) is 3.77. The van der Waals surface area contributed by atoms with Crippen LogP contribution in [0.4, 0.5) is 0 Å². The lowest BCUT2D eigenvalue weighted by atomic mass is 9.86. The van der Waals surface area contributed by atoms with Crippen LogP contribution in [0.1, 0.15) is 31.9 Å². The zero-order chi connectivity index (χ0) is 13.1. The van der Waals surface area contributed by atoms with Gasteiger partial charge in [-0.1, -0.05) is 38.4 Å². The molecule has 0 radical (unpaired) electrons. The largest absolute Gasteiger partial charge is 0.496 e. The molecular weight excluding hydrogens is 236 g/mol. The van der Waals surface area contributed by atoms with Crippen LogP contribution in [-0.2, 0) is 10.2 Å². The van der Waals surface area contributed by atoms with Gasteiger partial charge in [-0.3, -0.25) is 4.79 Å². The van der Waals surface area contributed by atoms with Gasteiger partial charge in [-0.15, -0.1) is 0 Å². The molecule has 0 N–H and O–H groups in total. The summed E-state index contributed by atoms with van der Waals surface area (Å²) in [6.07, 6.45) is 2.00. The van der Waals surface area contributed by atoms with E-state index in [4.69, 9.17) is 16.3 Å². The Morgan fingerprint density at radius 2 is 2.00 bits per heavy atom. The third-order valence-corrected chi connectivity index (χ3v) is 2.87. The molecule has 0 spiro atoms. The minimum atomic E-state index is 0.0272. The van der Waals surface area contributed by atoms with Crippen molar-refractivity contribution in [2.75, 3.05) is 7.11 Å². The summed E-state index contributed by atoms with van der Waals surface area (Å²) in [6, 6.07) is 5.84. The van der Waals surface area contributed by atoms with Gasteiger partial charge in [0.25, 0.3) is 0 Å². The van der Waals surface area contributed by atoms with Crippen molar-refractivity contribution in [2.45, 2.75) is 26.2 Å². The van der Waals surface area contributed by atoms with E-state index in [1.807, 2.05) is 18.2 Å². The third-order valence-electron chi connectivity index (χ3n) is 2.54. The van der Waals surface area contributed by atoms with Gasteiger partial charge < -0.3 is 4.74 Å². The lowest BCUT2D eigenvalue weighted by Gasteiger charge is -2.20. The molecule has 17 heavy (non-hydrogen) atoms. The molecule has 0 saturated heterocycles. The minimum absolute atomic E-state index is 0.0272. The maximum absolute atomic E-state index is 10.5. The highest BCUT2D eigenvalue weighted by Crippen LogP contribution is 2.33. The predicted molar refractivity (Wildman–Crippen MR) is 71.6 cm³/mol. The molecule has 0 amide bonds. The Morgan fingerprint density at radius 1 is 1.35 bits per heavy atom. The molecule has 1 aromatic carbocycles. The molecule has 0 aliphatic rings. The van der Waals surface area contributed by atoms with Crippen molar-refractivity contribution in [3.63, 3.8) is 0 Å². The van der Waals surface area contributed by atoms with Crippen LogP contribution in [0.3, 0.4) is 0 Å². The number of methoxy groups -OCH3 is 1. The Morgan fingerprint density at radius 3 is 2.47 bits per heavy atom. The molecule has 1 rings (SSSR count). The molecule has 0 heterocycles. The number of ether oxygens (including phenoxy) is 1. The Balaban J connectivity index is 3.34. The molecule has 0 bridgehead atoms. The normalized spacial score (nSPS) is 12.4. The lowest BCUT2D eigenvalue weighted by molar-refractivity contribution is -0.104. The van der Waals surface area contributed by atoms with Crippen LogP contribution in [0.2, 0.25) is 0 Å². The van der Waals surface area contributed by atoms with E-state index in [0.717, 1.165) is 11.1 Å². The number of benzene rings is 1. The number of allylic oxidation sites excluding steroid dienone is 1. The number of rotatable bonds is 3. The quantitative estimate of drug-likeness (QED) is 0.605. The summed E-state index contributed by atoms with van der Waals surface area (Å²) in [5.74, 6) is 0.668. The smallest absolute Gasteiger partial charge is 0.144 e. The topological polar surface area (TPSA) is 26.3 Å². The van der Waals surface area contributed by atoms with E-state index >= 15 is 0 Å². The van der Waals surface area contributed by atoms with Crippen LogP contribution in [0.25, 0.3) is 5.03 Å². The second-order valence-electron chi connectivity index (χ2n) is 4.82. The van der Waals surface area contributed by atoms with Crippen molar-refractivity contribution in [1.82, 2.24) is 0 Å². The van der Waals surface area contributed by atoms with E-state index in [9.17, 15) is 4.79 Å². The van der Waals surface area contributed by atoms with Gasteiger partial charge in [0.05, 0.1) is 12.1 Å². The summed E-state index contributed by atoms with van der Waals surface area (Å²) in [5.41, 5.74) is 1.92. The third kappa shape index (κ3) is 3.34. The van der Waals surface area contributed by atoms with E-state index in [-0.39, 0.29) is 5.41 Å². The molecule has 0 unspecified atom stereocenters. The maximum Gasteiger partial charge on any atom is 0.144 e. The van der Waals surface area contributed by atoms with Gasteiger partial charge in [-0.25, -0.2) is 0 Å². The van der Waals surface area contributed by atoms with E-state index < -0.39 is 0 Å². The second-order valence-corrected chi connectivity index (χ2v) is 5.22. The van der Waals surface area contributed by atoms with Crippen molar-refractivity contribution in [2.24, 2.45) is 0 Å². The number of carbonyl (C=O) groups is 1. The van der Waals surface area contributed by atoms with Gasteiger partial charge in [0.2, 0.25) is 0 Å². The van der Waals surface area contributed by atoms with Gasteiger partial charge in [0.1, 0.15) is 12.0 Å². The van der Waals surface area contributed by atoms with Crippen molar-refractivity contribution in [3.05, 3.63) is 35.4 Å². The Bertz CT molecular complexity index is 442. The van der Waals surface area contributed by atoms with Gasteiger partial charge >= 0.3 is 0 Å². The summed E-state index contributed by atoms with van der Waals surface area (Å²) < 4.78 is 5.24. The van der Waals surface area contributed by atoms with Crippen LogP contribution in [0.15, 0.2) is 24.3 Å². The molecule has 0 atom stereocenters. The standard InChI is InChI=1S/C14H17ClO2/c1-14(2,3)10-5-6-13(17-4)11(9-10)12(15)7-8-16/h5-9H,1-4H3/b12-7-. The number of aldehydes is 1. The van der Waals surface area contributed by atoms with E-state index in [1.54, 1.807) is 7.11 Å². The van der Waals surface area contributed by atoms with Crippen molar-refractivity contribution < 1.29 is 9.53 Å². The molecule has 92 valence electrons. The number of hydrogen-bond acceptors (Lipinski definition) is 2. The minimum Gasteiger partial charge on any atom is -0.496 e. The summed E-state index contributed by atoms with van der Waals surface area (Å²) >= 11 is 6.06. The molecule has 0 aliphatic heterocycles. The molecule has 2 nitrogen and oxygen atoms in total. The molecule has 0 fully saturated rings. The summed E-state index contributed by atoms with van der Waals surface area (Å²) in [7, 11) is 1.58. The zero-order valence-electron chi connectivity index (χ0n) is 10.6. The number of hydrogen-bond donors (Lipinski definition) is 0. The summed E-state index contributed by atoms with van der Waals surface area (Å²) in [4.78, 5) is 10.5. The summed E-state index contributed by atoms with van der Waals surface area (Å²) in [6.45, 7) is 6.36. The van der Waals surface area contributed by atoms with Crippen LogP contribution in [0, 0.1) is 0 Å². The summed E-state index contributed by atoms with van der Waals surface area (Å²) in [5, 5.41) is 0.392. The molecular formula is C14H17ClO2. The Labute approximate surface area is 107 Å². The van der Waals surface area contributed by atoms with Gasteiger partial charge in [-0.05, 0) is 29.2 Å². The van der Waals surface area contributed by atoms with Gasteiger partial charge in [0.15, 0.2) is 0 Å². The second kappa shape index (κ2) is 5.37.